The maximum atomic E-state index is 12.8. The number of anilines is 1. The molecule has 0 radical (unpaired) electrons. The summed E-state index contributed by atoms with van der Waals surface area (Å²) in [4.78, 5) is 46.1. The SMILES string of the molecule is CC(C)(C)OC(=O)NCCCn1cc([N+](=O)[O-])cc1C(=O)Nc1ccc2oc(C=O)cc2c1. The van der Waals surface area contributed by atoms with Crippen LogP contribution in [0.4, 0.5) is 16.2 Å². The highest BCUT2D eigenvalue weighted by molar-refractivity contribution is 6.04. The molecule has 2 heterocycles. The second-order valence-corrected chi connectivity index (χ2v) is 8.29. The van der Waals surface area contributed by atoms with Gasteiger partial charge in [-0.15, -0.1) is 0 Å². The number of ether oxygens (including phenoxy) is 1. The zero-order valence-electron chi connectivity index (χ0n) is 18.4. The van der Waals surface area contributed by atoms with Crippen molar-refractivity contribution in [1.29, 1.82) is 0 Å². The van der Waals surface area contributed by atoms with E-state index >= 15 is 0 Å². The van der Waals surface area contributed by atoms with Gasteiger partial charge in [-0.3, -0.25) is 19.7 Å². The van der Waals surface area contributed by atoms with Gasteiger partial charge in [0.25, 0.3) is 11.6 Å². The number of nitro groups is 1. The molecule has 0 fully saturated rings. The topological polar surface area (TPSA) is 146 Å². The van der Waals surface area contributed by atoms with Crippen LogP contribution in [0.2, 0.25) is 0 Å². The van der Waals surface area contributed by atoms with Gasteiger partial charge in [0.15, 0.2) is 12.0 Å². The van der Waals surface area contributed by atoms with Crippen LogP contribution in [0.25, 0.3) is 11.0 Å². The van der Waals surface area contributed by atoms with Gasteiger partial charge in [0.2, 0.25) is 0 Å². The highest BCUT2D eigenvalue weighted by Crippen LogP contribution is 2.24. The van der Waals surface area contributed by atoms with E-state index in [1.807, 2.05) is 0 Å². The number of furan rings is 1. The lowest BCUT2D eigenvalue weighted by Gasteiger charge is -2.19. The monoisotopic (exact) mass is 456 g/mol. The van der Waals surface area contributed by atoms with Crippen molar-refractivity contribution in [2.24, 2.45) is 0 Å². The Kier molecular flexibility index (Phi) is 6.80. The Hall–Kier alpha value is -4.15. The summed E-state index contributed by atoms with van der Waals surface area (Å²) in [5, 5.41) is 17.2. The first kappa shape index (κ1) is 23.5. The second kappa shape index (κ2) is 9.55. The van der Waals surface area contributed by atoms with Gasteiger partial charge in [0, 0.05) is 30.2 Å². The van der Waals surface area contributed by atoms with E-state index in [4.69, 9.17) is 9.15 Å². The van der Waals surface area contributed by atoms with Crippen LogP contribution in [0.3, 0.4) is 0 Å². The second-order valence-electron chi connectivity index (χ2n) is 8.29. The molecule has 0 unspecified atom stereocenters. The molecule has 33 heavy (non-hydrogen) atoms. The Morgan fingerprint density at radius 2 is 2.00 bits per heavy atom. The number of nitrogens with zero attached hydrogens (tertiary/aromatic N) is 2. The molecule has 2 N–H and O–H groups in total. The highest BCUT2D eigenvalue weighted by Gasteiger charge is 2.20. The molecule has 11 nitrogen and oxygen atoms in total. The van der Waals surface area contributed by atoms with Crippen LogP contribution in [0.5, 0.6) is 0 Å². The number of carbonyl (C=O) groups is 3. The maximum absolute atomic E-state index is 12.8. The van der Waals surface area contributed by atoms with Gasteiger partial charge in [0.05, 0.1) is 11.1 Å². The van der Waals surface area contributed by atoms with Crippen molar-refractivity contribution in [3.63, 3.8) is 0 Å². The third-order valence-electron chi connectivity index (χ3n) is 4.48. The average Bonchev–Trinajstić information content (AvgIpc) is 3.33. The van der Waals surface area contributed by atoms with Crippen molar-refractivity contribution in [3.8, 4) is 0 Å². The maximum Gasteiger partial charge on any atom is 0.407 e. The van der Waals surface area contributed by atoms with Crippen LogP contribution in [-0.2, 0) is 11.3 Å². The molecule has 3 aromatic rings. The number of benzene rings is 1. The number of carbonyl (C=O) groups excluding carboxylic acids is 3. The Labute approximate surface area is 188 Å². The Balaban J connectivity index is 1.68. The minimum Gasteiger partial charge on any atom is -0.453 e. The summed E-state index contributed by atoms with van der Waals surface area (Å²) >= 11 is 0. The standard InChI is InChI=1S/C22H24N4O7/c1-22(2,3)33-21(29)23-7-4-8-25-12-16(26(30)31)11-18(25)20(28)24-15-5-6-19-14(9-15)10-17(13-27)32-19/h5-6,9-13H,4,7-8H2,1-3H3,(H,23,29)(H,24,28). The van der Waals surface area contributed by atoms with Gasteiger partial charge in [-0.05, 0) is 51.5 Å². The molecule has 3 rings (SSSR count). The summed E-state index contributed by atoms with van der Waals surface area (Å²) in [7, 11) is 0. The normalized spacial score (nSPS) is 11.2. The van der Waals surface area contributed by atoms with Crippen molar-refractivity contribution in [3.05, 3.63) is 58.1 Å². The van der Waals surface area contributed by atoms with Crippen LogP contribution in [0.15, 0.2) is 40.9 Å². The van der Waals surface area contributed by atoms with Crippen LogP contribution < -0.4 is 10.6 Å². The van der Waals surface area contributed by atoms with Crippen molar-refractivity contribution < 1.29 is 28.5 Å². The predicted molar refractivity (Wildman–Crippen MR) is 119 cm³/mol. The number of fused-ring (bicyclic) bond motifs is 1. The molecule has 2 aromatic heterocycles. The number of aromatic nitrogens is 1. The van der Waals surface area contributed by atoms with E-state index in [1.54, 1.807) is 45.0 Å². The van der Waals surface area contributed by atoms with E-state index in [0.29, 0.717) is 29.4 Å². The molecule has 11 heteroatoms. The number of rotatable bonds is 8. The van der Waals surface area contributed by atoms with E-state index in [9.17, 15) is 24.5 Å². The van der Waals surface area contributed by atoms with Crippen molar-refractivity contribution in [1.82, 2.24) is 9.88 Å². The Morgan fingerprint density at radius 1 is 1.24 bits per heavy atom. The number of alkyl carbamates (subject to hydrolysis) is 1. The van der Waals surface area contributed by atoms with E-state index in [1.165, 1.54) is 16.8 Å². The minimum atomic E-state index is -0.620. The molecule has 0 saturated heterocycles. The van der Waals surface area contributed by atoms with Gasteiger partial charge < -0.3 is 24.4 Å². The van der Waals surface area contributed by atoms with Gasteiger partial charge in [-0.25, -0.2) is 4.79 Å². The highest BCUT2D eigenvalue weighted by atomic mass is 16.6. The molecular weight excluding hydrogens is 432 g/mol. The fourth-order valence-electron chi connectivity index (χ4n) is 3.12. The smallest absolute Gasteiger partial charge is 0.407 e. The molecule has 0 aliphatic heterocycles. The summed E-state index contributed by atoms with van der Waals surface area (Å²) in [6.45, 7) is 5.78. The first-order valence-electron chi connectivity index (χ1n) is 10.2. The van der Waals surface area contributed by atoms with Crippen LogP contribution in [-0.4, -0.2) is 39.9 Å². The van der Waals surface area contributed by atoms with E-state index in [-0.39, 0.29) is 30.2 Å². The van der Waals surface area contributed by atoms with Crippen LogP contribution in [0.1, 0.15) is 48.2 Å². The number of aldehydes is 1. The fraction of sp³-hybridized carbons (Fsp3) is 0.318. The molecule has 0 aliphatic carbocycles. The van der Waals surface area contributed by atoms with Gasteiger partial charge in [0.1, 0.15) is 16.9 Å². The van der Waals surface area contributed by atoms with Crippen LogP contribution >= 0.6 is 0 Å². The fourth-order valence-corrected chi connectivity index (χ4v) is 3.12. The zero-order valence-corrected chi connectivity index (χ0v) is 18.4. The van der Waals surface area contributed by atoms with Gasteiger partial charge in [-0.1, -0.05) is 0 Å². The number of aryl methyl sites for hydroxylation is 1. The summed E-state index contributed by atoms with van der Waals surface area (Å²) < 4.78 is 11.9. The van der Waals surface area contributed by atoms with Crippen LogP contribution in [0, 0.1) is 10.1 Å². The van der Waals surface area contributed by atoms with Crippen molar-refractivity contribution >= 4 is 40.6 Å². The number of nitrogens with one attached hydrogen (secondary N) is 2. The lowest BCUT2D eigenvalue weighted by Crippen LogP contribution is -2.33. The van der Waals surface area contributed by atoms with Crippen molar-refractivity contribution in [2.75, 3.05) is 11.9 Å². The molecule has 0 atom stereocenters. The predicted octanol–water partition coefficient (Wildman–Crippen LogP) is 4.12. The summed E-state index contributed by atoms with van der Waals surface area (Å²) in [6.07, 6.45) is 1.71. The zero-order chi connectivity index (χ0) is 24.2. The van der Waals surface area contributed by atoms with E-state index in [0.717, 1.165) is 0 Å². The Morgan fingerprint density at radius 3 is 2.67 bits per heavy atom. The molecule has 0 bridgehead atoms. The van der Waals surface area contributed by atoms with Gasteiger partial charge >= 0.3 is 6.09 Å². The molecule has 1 aromatic carbocycles. The van der Waals surface area contributed by atoms with Crippen molar-refractivity contribution in [2.45, 2.75) is 39.3 Å². The first-order valence-corrected chi connectivity index (χ1v) is 10.2. The Bertz CT molecular complexity index is 1200. The quantitative estimate of drug-likeness (QED) is 0.224. The first-order chi connectivity index (χ1) is 15.6. The largest absolute Gasteiger partial charge is 0.453 e. The summed E-state index contributed by atoms with van der Waals surface area (Å²) in [5.41, 5.74) is 0.186. The van der Waals surface area contributed by atoms with E-state index in [2.05, 4.69) is 10.6 Å². The molecular formula is C22H24N4O7. The summed E-state index contributed by atoms with van der Waals surface area (Å²) in [5.74, 6) is -0.375. The third kappa shape index (κ3) is 6.19. The van der Waals surface area contributed by atoms with Gasteiger partial charge in [-0.2, -0.15) is 0 Å². The number of amides is 2. The third-order valence-corrected chi connectivity index (χ3v) is 4.48. The minimum absolute atomic E-state index is 0.0971. The summed E-state index contributed by atoms with van der Waals surface area (Å²) in [6, 6.07) is 7.59. The number of hydrogen-bond acceptors (Lipinski definition) is 7. The molecule has 174 valence electrons. The molecule has 0 spiro atoms. The number of hydrogen-bond donors (Lipinski definition) is 2. The lowest BCUT2D eigenvalue weighted by atomic mass is 10.2. The van der Waals surface area contributed by atoms with E-state index < -0.39 is 22.5 Å². The average molecular weight is 456 g/mol. The molecule has 0 saturated carbocycles. The lowest BCUT2D eigenvalue weighted by molar-refractivity contribution is -0.384. The molecule has 0 aliphatic rings. The molecule has 2 amide bonds.